The predicted octanol–water partition coefficient (Wildman–Crippen LogP) is 12.2. The van der Waals surface area contributed by atoms with Gasteiger partial charge in [-0.2, -0.15) is 24.9 Å². The van der Waals surface area contributed by atoms with Crippen LogP contribution in [0, 0.1) is 0 Å². The molecule has 6 aromatic rings. The number of fused-ring (bicyclic) bond motifs is 3. The van der Waals surface area contributed by atoms with Crippen LogP contribution in [0.25, 0.3) is 33.5 Å². The van der Waals surface area contributed by atoms with Crippen molar-refractivity contribution in [3.63, 3.8) is 0 Å². The second kappa shape index (κ2) is 49.1. The average Bonchev–Trinajstić information content (AvgIpc) is 1.58. The Hall–Kier alpha value is -7.57. The SMILES string of the molecule is C=CCn1c(=O)n([C@@H]2O[C@H](CO)[C@@H](O)[C@H]2O)c2nc(N)nc(OCN(C)C(=O)OCC)c21.C=CCn1c(=O)n([C@@H]2O[C@H](CO[Si](CC)(CC)CC)[C@@H](O[Si](CC)(CC)CC)[C@H]2O[Si](CC)(CC)CC)c2nc(N)[nH]c(=O)c21.C=CCn1c(=O)n([C@@H]2O[C@H](CO[Si](CC)(CC)CC)[C@@H](O[Si](CC)(CC)CC)[C@H]2O[Si](CC)(CC)CC)c2nc(N)nc(OCN(C)C(=O)OCC)c21. The Morgan fingerprint density at radius 3 is 1.01 bits per heavy atom. The number of aromatic amines is 1. The molecule has 2 amide bonds. The van der Waals surface area contributed by atoms with E-state index < -0.39 is 165 Å². The molecule has 130 heavy (non-hydrogen) atoms. The Labute approximate surface area is 770 Å². The molecule has 9 rings (SSSR count). The van der Waals surface area contributed by atoms with Crippen LogP contribution in [0.15, 0.2) is 57.1 Å². The van der Waals surface area contributed by atoms with Gasteiger partial charge in [0.05, 0.1) is 33.0 Å². The van der Waals surface area contributed by atoms with E-state index in [2.05, 4.69) is 174 Å². The zero-order chi connectivity index (χ0) is 96.7. The Morgan fingerprint density at radius 2 is 0.715 bits per heavy atom. The summed E-state index contributed by atoms with van der Waals surface area (Å²) >= 11 is 0. The summed E-state index contributed by atoms with van der Waals surface area (Å²) in [6.45, 7) is 54.8. The number of allylic oxidation sites excluding steroid dienone is 3. The lowest BCUT2D eigenvalue weighted by molar-refractivity contribution is -0.0527. The molecule has 12 atom stereocenters. The molecule has 10 N–H and O–H groups in total. The van der Waals surface area contributed by atoms with Crippen LogP contribution in [-0.4, -0.2) is 260 Å². The first-order valence-electron chi connectivity index (χ1n) is 46.9. The lowest BCUT2D eigenvalue weighted by Crippen LogP contribution is -2.53. The summed E-state index contributed by atoms with van der Waals surface area (Å²) in [5, 5.41) is 29.9. The van der Waals surface area contributed by atoms with Crippen molar-refractivity contribution in [2.24, 2.45) is 0 Å². The van der Waals surface area contributed by atoms with E-state index in [1.54, 1.807) is 33.0 Å². The van der Waals surface area contributed by atoms with Crippen molar-refractivity contribution in [1.29, 1.82) is 0 Å². The Bertz CT molecular complexity index is 4880. The fourth-order valence-corrected chi connectivity index (χ4v) is 34.3. The van der Waals surface area contributed by atoms with E-state index in [0.717, 1.165) is 118 Å². The number of nitrogens with one attached hydrogen (secondary N) is 1. The van der Waals surface area contributed by atoms with Crippen LogP contribution < -0.4 is 49.3 Å². The van der Waals surface area contributed by atoms with Crippen molar-refractivity contribution in [2.75, 3.05) is 77.8 Å². The van der Waals surface area contributed by atoms with Crippen molar-refractivity contribution in [1.82, 2.24) is 67.1 Å². The highest BCUT2D eigenvalue weighted by molar-refractivity contribution is 6.76. The zero-order valence-corrected chi connectivity index (χ0v) is 87.2. The minimum absolute atomic E-state index is 0.0223. The molecule has 0 aromatic carbocycles. The van der Waals surface area contributed by atoms with Crippen LogP contribution in [0.1, 0.15) is 157 Å². The number of carbonyl (C=O) groups excluding carboxylic acids is 2. The van der Waals surface area contributed by atoms with Gasteiger partial charge in [0.25, 0.3) is 5.56 Å². The number of amides is 2. The molecule has 9 heterocycles. The van der Waals surface area contributed by atoms with Crippen molar-refractivity contribution in [3.05, 3.63) is 79.8 Å². The maximum Gasteiger partial charge on any atom is 0.412 e. The molecule has 0 saturated carbocycles. The number of hydrogen-bond donors (Lipinski definition) is 7. The van der Waals surface area contributed by atoms with Gasteiger partial charge in [-0.05, 0) is 123 Å². The van der Waals surface area contributed by atoms with Gasteiger partial charge in [-0.3, -0.25) is 33.3 Å². The molecule has 0 aliphatic carbocycles. The van der Waals surface area contributed by atoms with Gasteiger partial charge in [-0.15, -0.1) is 19.7 Å². The normalized spacial score (nSPS) is 20.9. The molecule has 0 bridgehead atoms. The van der Waals surface area contributed by atoms with Crippen LogP contribution in [0.5, 0.6) is 11.8 Å². The van der Waals surface area contributed by atoms with Crippen molar-refractivity contribution >= 4 is 113 Å². The summed E-state index contributed by atoms with van der Waals surface area (Å²) in [5.41, 5.74) is 17.1. The maximum absolute atomic E-state index is 14.8. The highest BCUT2D eigenvalue weighted by atomic mass is 28.4. The van der Waals surface area contributed by atoms with Crippen LogP contribution in [-0.2, 0) is 69.9 Å². The number of hydrogen-bond acceptors (Lipinski definition) is 30. The van der Waals surface area contributed by atoms with Crippen LogP contribution in [0.4, 0.5) is 27.4 Å². The summed E-state index contributed by atoms with van der Waals surface area (Å²) in [6.07, 6.45) is -6.81. The second-order valence-corrected chi connectivity index (χ2v) is 62.0. The minimum atomic E-state index is -2.32. The van der Waals surface area contributed by atoms with Crippen molar-refractivity contribution in [2.45, 2.75) is 341 Å². The number of carbonyl (C=O) groups is 2. The quantitative estimate of drug-likeness (QED) is 0.0106. The predicted molar refractivity (Wildman–Crippen MR) is 518 cm³/mol. The number of nitrogen functional groups attached to an aromatic ring is 3. The molecular formula is C85H153N17O22Si6. The van der Waals surface area contributed by atoms with Gasteiger partial charge in [0.15, 0.2) is 116 Å². The number of anilines is 3. The third-order valence-corrected chi connectivity index (χ3v) is 55.2. The van der Waals surface area contributed by atoms with E-state index in [0.29, 0.717) is 18.7 Å². The highest BCUT2D eigenvalue weighted by Crippen LogP contribution is 2.46. The first-order chi connectivity index (χ1) is 62.0. The molecule has 3 aliphatic heterocycles. The van der Waals surface area contributed by atoms with Gasteiger partial charge in [-0.25, -0.2) is 37.7 Å². The van der Waals surface area contributed by atoms with E-state index in [9.17, 15) is 44.1 Å². The van der Waals surface area contributed by atoms with Gasteiger partial charge in [0.2, 0.25) is 29.6 Å². The fourth-order valence-electron chi connectivity index (χ4n) is 17.7. The first-order valence-corrected chi connectivity index (χ1v) is 62.0. The van der Waals surface area contributed by atoms with Crippen molar-refractivity contribution < 1.29 is 84.6 Å². The molecule has 3 fully saturated rings. The summed E-state index contributed by atoms with van der Waals surface area (Å²) in [5.74, 6) is -0.477. The highest BCUT2D eigenvalue weighted by Gasteiger charge is 2.57. The van der Waals surface area contributed by atoms with E-state index in [1.165, 1.54) is 40.9 Å². The first kappa shape index (κ1) is 109. The largest absolute Gasteiger partial charge is 0.454 e. The van der Waals surface area contributed by atoms with Crippen LogP contribution in [0.2, 0.25) is 109 Å². The molecule has 6 aromatic heterocycles. The number of H-pyrrole nitrogens is 1. The number of nitrogens with zero attached hydrogens (tertiary/aromatic N) is 13. The molecule has 45 heteroatoms. The third-order valence-electron chi connectivity index (χ3n) is 27.4. The summed E-state index contributed by atoms with van der Waals surface area (Å²) in [7, 11) is -10.0. The Kier molecular flexibility index (Phi) is 41.3. The van der Waals surface area contributed by atoms with Gasteiger partial charge in [0.1, 0.15) is 54.9 Å². The smallest absolute Gasteiger partial charge is 0.412 e. The molecule has 734 valence electrons. The maximum atomic E-state index is 14.8. The number of aliphatic hydroxyl groups is 3. The number of aromatic nitrogens is 12. The third kappa shape index (κ3) is 23.7. The van der Waals surface area contributed by atoms with E-state index in [-0.39, 0.29) is 104 Å². The summed E-state index contributed by atoms with van der Waals surface area (Å²) < 4.78 is 92.6. The Morgan fingerprint density at radius 1 is 0.423 bits per heavy atom. The van der Waals surface area contributed by atoms with Gasteiger partial charge in [-0.1, -0.05) is 143 Å². The molecule has 3 saturated heterocycles. The van der Waals surface area contributed by atoms with Crippen LogP contribution in [0.3, 0.4) is 0 Å². The van der Waals surface area contributed by atoms with Crippen LogP contribution >= 0.6 is 0 Å². The zero-order valence-electron chi connectivity index (χ0n) is 81.2. The molecule has 0 spiro atoms. The lowest BCUT2D eigenvalue weighted by atomic mass is 10.1. The Balaban J connectivity index is 0.000000274. The van der Waals surface area contributed by atoms with E-state index >= 15 is 0 Å². The fraction of sp³-hybridized carbons (Fsp3) is 0.729. The number of ether oxygens (including phenoxy) is 7. The number of nitrogens with two attached hydrogens (primary N) is 3. The molecular weight excluding hydrogens is 1780 g/mol. The monoisotopic (exact) mass is 1930 g/mol. The van der Waals surface area contributed by atoms with Gasteiger partial charge >= 0.3 is 29.3 Å². The van der Waals surface area contributed by atoms with Gasteiger partial charge < -0.3 is 92.2 Å². The van der Waals surface area contributed by atoms with Gasteiger partial charge in [0, 0.05) is 33.7 Å². The number of rotatable bonds is 50. The molecule has 3 aliphatic rings. The topological polar surface area (TPSA) is 477 Å². The summed E-state index contributed by atoms with van der Waals surface area (Å²) in [6, 6.07) is 17.2. The lowest BCUT2D eigenvalue weighted by Gasteiger charge is -2.40. The minimum Gasteiger partial charge on any atom is -0.454 e. The molecule has 0 radical (unpaired) electrons. The molecule has 39 nitrogen and oxygen atoms in total. The second-order valence-electron chi connectivity index (χ2n) is 33.5. The van der Waals surface area contributed by atoms with Crippen molar-refractivity contribution in [3.8, 4) is 11.8 Å². The summed E-state index contributed by atoms with van der Waals surface area (Å²) in [4.78, 5) is 106. The molecule has 0 unspecified atom stereocenters. The van der Waals surface area contributed by atoms with E-state index in [1.807, 2.05) is 0 Å². The number of imidazole rings is 3. The number of aliphatic hydroxyl groups excluding tert-OH is 3. The van der Waals surface area contributed by atoms with E-state index in [4.69, 9.17) is 76.9 Å². The average molecular weight is 1930 g/mol. The standard InChI is InChI=1S/C36H68N6O8Si3.C31H59N5O6Si3.C18H26N6O8/c1-13-24-41-28-31(38-34(37)39-32(28)46-26-40(12)36(44)45-14-2)42(35(41)43)33-30(50-53(21-9,22-10)23-11)29(49-52(18-6,19-7)20-8)27(48-33)25-47-51(15-3,16-4)17-5;1-11-21-35-24-27(33-30(32)34-28(24)37)36(31(35)38)29-26(42-45(18-8,19-9)20-10)25(41-44(15-5,16-6)17-7)23(40-29)22-39-43(12-2,13-3)14-4;1-4-6-23-10-13(24(17(23)28)15-12(27)11(26)9(7-25)32-15)20-16(19)21-14(10)31-8-22(3)18(29)30-5-2/h13,27,29-30,33H,1,14-26H2,2-12H3,(H2,37,38,39);11,23,25-26,29H,1,12-22H2,2-10H3,(H3,32,33,34,37);4,9,11-12,15,25-27H,1,5-8H2,2-3H3,(H2,19,20,21)/t27-,29-,30-,33-;23-,25-,26-,29-;9-,11-,12-,15-/m111/s1.